The number of benzene rings is 1. The second kappa shape index (κ2) is 9.50. The number of carbonyl (C=O) groups excluding carboxylic acids is 1. The number of hydrogen-bond donors (Lipinski definition) is 2. The summed E-state index contributed by atoms with van der Waals surface area (Å²) in [7, 11) is 1.62. The third-order valence-electron chi connectivity index (χ3n) is 3.56. The summed E-state index contributed by atoms with van der Waals surface area (Å²) in [5.41, 5.74) is 0.996. The zero-order chi connectivity index (χ0) is 16.5. The van der Waals surface area contributed by atoms with Gasteiger partial charge < -0.3 is 24.6 Å². The Balaban J connectivity index is 1.51. The van der Waals surface area contributed by atoms with Crippen LogP contribution < -0.4 is 10.1 Å². The summed E-state index contributed by atoms with van der Waals surface area (Å²) < 4.78 is 15.8. The maximum atomic E-state index is 11.5. The summed E-state index contributed by atoms with van der Waals surface area (Å²) >= 11 is 0. The van der Waals surface area contributed by atoms with Crippen LogP contribution in [0.2, 0.25) is 0 Å². The highest BCUT2D eigenvalue weighted by Crippen LogP contribution is 2.28. The molecule has 1 aromatic carbocycles. The Kier molecular flexibility index (Phi) is 7.32. The van der Waals surface area contributed by atoms with Crippen LogP contribution in [0.3, 0.4) is 0 Å². The van der Waals surface area contributed by atoms with E-state index < -0.39 is 6.10 Å². The first kappa shape index (κ1) is 17.7. The minimum Gasteiger partial charge on any atom is -0.497 e. The topological polar surface area (TPSA) is 77.0 Å². The first-order valence-corrected chi connectivity index (χ1v) is 7.90. The molecule has 0 aromatic heterocycles. The number of carbonyl (C=O) groups is 1. The molecule has 0 aliphatic heterocycles. The molecule has 1 aromatic rings. The lowest BCUT2D eigenvalue weighted by Crippen LogP contribution is -2.36. The molecular formula is C17H25NO5. The van der Waals surface area contributed by atoms with Gasteiger partial charge in [-0.3, -0.25) is 4.79 Å². The van der Waals surface area contributed by atoms with Gasteiger partial charge in [-0.25, -0.2) is 0 Å². The smallest absolute Gasteiger partial charge is 0.246 e. The van der Waals surface area contributed by atoms with Crippen LogP contribution in [0.5, 0.6) is 5.75 Å². The maximum absolute atomic E-state index is 11.5. The Morgan fingerprint density at radius 1 is 1.30 bits per heavy atom. The van der Waals surface area contributed by atoms with Gasteiger partial charge in [-0.05, 0) is 36.5 Å². The maximum Gasteiger partial charge on any atom is 0.246 e. The average Bonchev–Trinajstić information content (AvgIpc) is 3.38. The third-order valence-corrected chi connectivity index (χ3v) is 3.56. The number of methoxy groups -OCH3 is 1. The van der Waals surface area contributed by atoms with Crippen LogP contribution >= 0.6 is 0 Å². The summed E-state index contributed by atoms with van der Waals surface area (Å²) in [5, 5.41) is 12.4. The van der Waals surface area contributed by atoms with Crippen LogP contribution in [0.25, 0.3) is 0 Å². The highest BCUT2D eigenvalue weighted by molar-refractivity contribution is 5.77. The molecular weight excluding hydrogens is 298 g/mol. The van der Waals surface area contributed by atoms with Crippen molar-refractivity contribution in [2.24, 2.45) is 5.92 Å². The van der Waals surface area contributed by atoms with Gasteiger partial charge >= 0.3 is 0 Å². The first-order valence-electron chi connectivity index (χ1n) is 7.90. The zero-order valence-corrected chi connectivity index (χ0v) is 13.5. The summed E-state index contributed by atoms with van der Waals surface area (Å²) in [4.78, 5) is 11.5. The van der Waals surface area contributed by atoms with Crippen LogP contribution in [0, 0.1) is 5.92 Å². The molecule has 1 aliphatic carbocycles. The van der Waals surface area contributed by atoms with E-state index in [1.807, 2.05) is 24.3 Å². The zero-order valence-electron chi connectivity index (χ0n) is 13.5. The van der Waals surface area contributed by atoms with E-state index in [0.717, 1.165) is 11.3 Å². The molecule has 1 aliphatic rings. The van der Waals surface area contributed by atoms with Crippen molar-refractivity contribution in [1.29, 1.82) is 0 Å². The van der Waals surface area contributed by atoms with Crippen molar-refractivity contribution in [3.05, 3.63) is 29.8 Å². The van der Waals surface area contributed by atoms with Gasteiger partial charge in [-0.1, -0.05) is 12.1 Å². The lowest BCUT2D eigenvalue weighted by Gasteiger charge is -2.13. The molecule has 0 spiro atoms. The Morgan fingerprint density at radius 2 is 2.04 bits per heavy atom. The monoisotopic (exact) mass is 323 g/mol. The van der Waals surface area contributed by atoms with Crippen molar-refractivity contribution < 1.29 is 24.1 Å². The Morgan fingerprint density at radius 3 is 2.70 bits per heavy atom. The van der Waals surface area contributed by atoms with Gasteiger partial charge in [0.1, 0.15) is 12.4 Å². The van der Waals surface area contributed by atoms with Gasteiger partial charge in [-0.2, -0.15) is 0 Å². The van der Waals surface area contributed by atoms with E-state index in [1.54, 1.807) is 7.11 Å². The standard InChI is InChI=1S/C17H25NO5/c1-21-16-6-4-14(5-7-16)9-22-11-15(19)8-18-17(20)12-23-10-13-2-3-13/h4-7,13,15,19H,2-3,8-12H2,1H3,(H,18,20). The van der Waals surface area contributed by atoms with Gasteiger partial charge in [0.2, 0.25) is 5.91 Å². The van der Waals surface area contributed by atoms with Crippen molar-refractivity contribution in [2.45, 2.75) is 25.6 Å². The average molecular weight is 323 g/mol. The van der Waals surface area contributed by atoms with E-state index in [2.05, 4.69) is 5.32 Å². The van der Waals surface area contributed by atoms with Crippen molar-refractivity contribution in [3.63, 3.8) is 0 Å². The number of aliphatic hydroxyl groups excluding tert-OH is 1. The van der Waals surface area contributed by atoms with Gasteiger partial charge in [-0.15, -0.1) is 0 Å². The van der Waals surface area contributed by atoms with Crippen molar-refractivity contribution in [1.82, 2.24) is 5.32 Å². The predicted molar refractivity (Wildman–Crippen MR) is 85.2 cm³/mol. The minimum absolute atomic E-state index is 0.0515. The van der Waals surface area contributed by atoms with Gasteiger partial charge in [0.15, 0.2) is 0 Å². The summed E-state index contributed by atoms with van der Waals surface area (Å²) in [6, 6.07) is 7.53. The van der Waals surface area contributed by atoms with Gasteiger partial charge in [0, 0.05) is 6.54 Å². The second-order valence-electron chi connectivity index (χ2n) is 5.78. The van der Waals surface area contributed by atoms with Crippen LogP contribution in [0.1, 0.15) is 18.4 Å². The van der Waals surface area contributed by atoms with Crippen molar-refractivity contribution in [2.75, 3.05) is 33.5 Å². The fourth-order valence-electron chi connectivity index (χ4n) is 1.98. The molecule has 1 atom stereocenters. The predicted octanol–water partition coefficient (Wildman–Crippen LogP) is 1.12. The molecule has 0 bridgehead atoms. The van der Waals surface area contributed by atoms with E-state index in [4.69, 9.17) is 14.2 Å². The Bertz CT molecular complexity index is 472. The van der Waals surface area contributed by atoms with E-state index >= 15 is 0 Å². The summed E-state index contributed by atoms with van der Waals surface area (Å²) in [5.74, 6) is 1.22. The molecule has 2 rings (SSSR count). The minimum atomic E-state index is -0.736. The van der Waals surface area contributed by atoms with Crippen LogP contribution in [0.4, 0.5) is 0 Å². The fraction of sp³-hybridized carbons (Fsp3) is 0.588. The highest BCUT2D eigenvalue weighted by Gasteiger charge is 2.21. The van der Waals surface area contributed by atoms with Crippen LogP contribution in [0.15, 0.2) is 24.3 Å². The molecule has 23 heavy (non-hydrogen) atoms. The SMILES string of the molecule is COc1ccc(COCC(O)CNC(=O)COCC2CC2)cc1. The van der Waals surface area contributed by atoms with Crippen molar-refractivity contribution in [3.8, 4) is 5.75 Å². The summed E-state index contributed by atoms with van der Waals surface area (Å²) in [6.45, 7) is 1.43. The van der Waals surface area contributed by atoms with Crippen molar-refractivity contribution >= 4 is 5.91 Å². The molecule has 0 radical (unpaired) electrons. The number of rotatable bonds is 11. The molecule has 128 valence electrons. The number of aliphatic hydroxyl groups is 1. The van der Waals surface area contributed by atoms with E-state index in [9.17, 15) is 9.90 Å². The first-order chi connectivity index (χ1) is 11.2. The molecule has 0 heterocycles. The van der Waals surface area contributed by atoms with E-state index in [0.29, 0.717) is 19.1 Å². The van der Waals surface area contributed by atoms with Gasteiger partial charge in [0.25, 0.3) is 0 Å². The molecule has 6 nitrogen and oxygen atoms in total. The Labute approximate surface area is 136 Å². The molecule has 0 saturated heterocycles. The summed E-state index contributed by atoms with van der Waals surface area (Å²) in [6.07, 6.45) is 1.67. The molecule has 6 heteroatoms. The number of amides is 1. The Hall–Kier alpha value is -1.63. The largest absolute Gasteiger partial charge is 0.497 e. The number of ether oxygens (including phenoxy) is 3. The second-order valence-corrected chi connectivity index (χ2v) is 5.78. The lowest BCUT2D eigenvalue weighted by molar-refractivity contribution is -0.126. The lowest BCUT2D eigenvalue weighted by atomic mass is 10.2. The van der Waals surface area contributed by atoms with Crippen LogP contribution in [-0.2, 0) is 20.9 Å². The fourth-order valence-corrected chi connectivity index (χ4v) is 1.98. The number of nitrogens with one attached hydrogen (secondary N) is 1. The van der Waals surface area contributed by atoms with Gasteiger partial charge in [0.05, 0.1) is 33.0 Å². The quantitative estimate of drug-likeness (QED) is 0.638. The highest BCUT2D eigenvalue weighted by atomic mass is 16.5. The molecule has 1 saturated carbocycles. The van der Waals surface area contributed by atoms with E-state index in [-0.39, 0.29) is 25.7 Å². The van der Waals surface area contributed by atoms with Crippen LogP contribution in [-0.4, -0.2) is 50.6 Å². The van der Waals surface area contributed by atoms with E-state index in [1.165, 1.54) is 12.8 Å². The molecule has 1 unspecified atom stereocenters. The molecule has 1 fully saturated rings. The third kappa shape index (κ3) is 7.45. The molecule has 1 amide bonds. The normalized spacial score (nSPS) is 15.2. The molecule has 2 N–H and O–H groups in total. The number of hydrogen-bond acceptors (Lipinski definition) is 5.